The summed E-state index contributed by atoms with van der Waals surface area (Å²) in [4.78, 5) is 43.7. The summed E-state index contributed by atoms with van der Waals surface area (Å²) in [6.45, 7) is 0.204. The van der Waals surface area contributed by atoms with E-state index in [0.717, 1.165) is 37.7 Å². The Hall–Kier alpha value is -4.14. The summed E-state index contributed by atoms with van der Waals surface area (Å²) in [5, 5.41) is 6.79. The highest BCUT2D eigenvalue weighted by Crippen LogP contribution is 2.55. The zero-order chi connectivity index (χ0) is 30.3. The molecule has 3 aliphatic heterocycles. The molecule has 3 aromatic carbocycles. The normalized spacial score (nSPS) is 27.3. The van der Waals surface area contributed by atoms with E-state index in [4.69, 9.17) is 21.1 Å². The van der Waals surface area contributed by atoms with Crippen LogP contribution in [0.15, 0.2) is 91.0 Å². The van der Waals surface area contributed by atoms with E-state index in [1.54, 1.807) is 41.3 Å². The molecule has 3 fully saturated rings. The molecule has 0 unspecified atom stereocenters. The predicted octanol–water partition coefficient (Wildman–Crippen LogP) is 5.87. The number of nitrogens with one attached hydrogen (secondary N) is 2. The van der Waals surface area contributed by atoms with Crippen LogP contribution in [-0.4, -0.2) is 46.4 Å². The van der Waals surface area contributed by atoms with E-state index in [0.29, 0.717) is 22.2 Å². The lowest BCUT2D eigenvalue weighted by Gasteiger charge is -2.34. The maximum atomic E-state index is 14.2. The number of rotatable bonds is 8. The van der Waals surface area contributed by atoms with Crippen molar-refractivity contribution >= 4 is 35.0 Å². The second-order valence-electron chi connectivity index (χ2n) is 12.1. The van der Waals surface area contributed by atoms with Gasteiger partial charge in [-0.3, -0.25) is 14.4 Å². The van der Waals surface area contributed by atoms with E-state index < -0.39 is 29.6 Å². The molecule has 1 aliphatic carbocycles. The third-order valence-electron chi connectivity index (χ3n) is 9.24. The fourth-order valence-electron chi connectivity index (χ4n) is 7.21. The summed E-state index contributed by atoms with van der Waals surface area (Å²) in [6, 6.07) is 22.9. The van der Waals surface area contributed by atoms with Crippen LogP contribution in [0.5, 0.6) is 11.5 Å². The van der Waals surface area contributed by atoms with E-state index in [9.17, 15) is 14.4 Å². The first kappa shape index (κ1) is 28.6. The van der Waals surface area contributed by atoms with Crippen molar-refractivity contribution in [1.29, 1.82) is 0 Å². The number of fused-ring (bicyclic) bond motifs is 1. The molecule has 4 aliphatic rings. The van der Waals surface area contributed by atoms with Gasteiger partial charge in [-0.2, -0.15) is 0 Å². The minimum atomic E-state index is -1.22. The van der Waals surface area contributed by atoms with Crippen LogP contribution in [0.1, 0.15) is 37.7 Å². The van der Waals surface area contributed by atoms with E-state index in [1.807, 2.05) is 54.6 Å². The lowest BCUT2D eigenvalue weighted by molar-refractivity contribution is -0.142. The van der Waals surface area contributed by atoms with E-state index in [1.165, 1.54) is 0 Å². The molecule has 9 heteroatoms. The fourth-order valence-corrected chi connectivity index (χ4v) is 7.33. The molecule has 2 N–H and O–H groups in total. The van der Waals surface area contributed by atoms with Gasteiger partial charge in [-0.1, -0.05) is 73.3 Å². The van der Waals surface area contributed by atoms with E-state index >= 15 is 0 Å². The molecule has 0 aromatic heterocycles. The monoisotopic (exact) mass is 611 g/mol. The van der Waals surface area contributed by atoms with Crippen molar-refractivity contribution in [3.8, 4) is 11.5 Å². The summed E-state index contributed by atoms with van der Waals surface area (Å²) >= 11 is 6.11. The molecule has 2 saturated heterocycles. The number of amides is 3. The second-order valence-corrected chi connectivity index (χ2v) is 12.5. The lowest BCUT2D eigenvalue weighted by atomic mass is 9.74. The van der Waals surface area contributed by atoms with E-state index in [2.05, 4.69) is 10.6 Å². The minimum Gasteiger partial charge on any atom is -0.457 e. The second kappa shape index (κ2) is 11.7. The summed E-state index contributed by atoms with van der Waals surface area (Å²) in [5.41, 5.74) is 0.195. The smallest absolute Gasteiger partial charge is 0.246 e. The Kier molecular flexibility index (Phi) is 7.64. The topological polar surface area (TPSA) is 97.0 Å². The van der Waals surface area contributed by atoms with Crippen molar-refractivity contribution in [2.24, 2.45) is 11.8 Å². The first-order valence-corrected chi connectivity index (χ1v) is 15.7. The summed E-state index contributed by atoms with van der Waals surface area (Å²) in [7, 11) is 0. The van der Waals surface area contributed by atoms with Crippen LogP contribution in [-0.2, 0) is 25.7 Å². The highest BCUT2D eigenvalue weighted by Gasteiger charge is 2.72. The molecule has 3 amide bonds. The van der Waals surface area contributed by atoms with Gasteiger partial charge in [-0.05, 0) is 66.9 Å². The number of para-hydroxylation sites is 1. The van der Waals surface area contributed by atoms with Crippen molar-refractivity contribution in [3.63, 3.8) is 0 Å². The van der Waals surface area contributed by atoms with Crippen LogP contribution in [0.25, 0.3) is 0 Å². The molecule has 1 spiro atoms. The van der Waals surface area contributed by atoms with Crippen LogP contribution in [0.4, 0.5) is 5.69 Å². The Morgan fingerprint density at radius 3 is 2.34 bits per heavy atom. The van der Waals surface area contributed by atoms with Crippen molar-refractivity contribution < 1.29 is 23.9 Å². The van der Waals surface area contributed by atoms with Gasteiger partial charge in [0.1, 0.15) is 23.1 Å². The maximum Gasteiger partial charge on any atom is 0.246 e. The lowest BCUT2D eigenvalue weighted by Crippen LogP contribution is -2.56. The Balaban J connectivity index is 1.13. The molecule has 44 heavy (non-hydrogen) atoms. The zero-order valence-electron chi connectivity index (χ0n) is 24.2. The van der Waals surface area contributed by atoms with Gasteiger partial charge in [-0.25, -0.2) is 0 Å². The Morgan fingerprint density at radius 1 is 0.909 bits per heavy atom. The summed E-state index contributed by atoms with van der Waals surface area (Å²) in [5.74, 6) is -1.08. The minimum absolute atomic E-state index is 0.0645. The van der Waals surface area contributed by atoms with Crippen molar-refractivity contribution in [2.75, 3.05) is 5.32 Å². The molecular formula is C35H34ClN3O5. The first-order chi connectivity index (χ1) is 21.4. The average molecular weight is 612 g/mol. The van der Waals surface area contributed by atoms with Crippen LogP contribution < -0.4 is 15.4 Å². The molecular weight excluding hydrogens is 578 g/mol. The molecule has 226 valence electrons. The number of benzene rings is 3. The van der Waals surface area contributed by atoms with Crippen LogP contribution in [0.3, 0.4) is 0 Å². The number of anilines is 1. The molecule has 0 radical (unpaired) electrons. The highest BCUT2D eigenvalue weighted by atomic mass is 35.5. The summed E-state index contributed by atoms with van der Waals surface area (Å²) < 4.78 is 12.4. The Morgan fingerprint density at radius 2 is 1.61 bits per heavy atom. The number of hydrogen-bond donors (Lipinski definition) is 2. The first-order valence-electron chi connectivity index (χ1n) is 15.3. The fraction of sp³-hybridized carbons (Fsp3) is 0.343. The van der Waals surface area contributed by atoms with Gasteiger partial charge in [0.05, 0.1) is 17.9 Å². The van der Waals surface area contributed by atoms with Crippen molar-refractivity contribution in [2.45, 2.75) is 62.4 Å². The maximum absolute atomic E-state index is 14.2. The standard InChI is InChI=1S/C35H34ClN3O5/c36-23-13-11-22(12-14-23)21-39-31(33(41)38-24-7-3-1-4-8-24)35-20-19-28(44-35)29(30(35)34(39)42)32(40)37-25-15-17-27(18-16-25)43-26-9-5-2-6-10-26/h2,5-6,9-20,24,28-31H,1,3-4,7-8,21H2,(H,37,40)(H,38,41)/t28-,29+,30-,31+,35-/m1/s1. The third-order valence-corrected chi connectivity index (χ3v) is 9.50. The molecule has 2 bridgehead atoms. The molecule has 5 atom stereocenters. The number of carbonyl (C=O) groups excluding carboxylic acids is 3. The molecule has 1 saturated carbocycles. The average Bonchev–Trinajstić information content (AvgIpc) is 3.68. The molecule has 3 heterocycles. The largest absolute Gasteiger partial charge is 0.457 e. The Bertz CT molecular complexity index is 1570. The van der Waals surface area contributed by atoms with Crippen LogP contribution in [0, 0.1) is 11.8 Å². The van der Waals surface area contributed by atoms with Gasteiger partial charge in [0.2, 0.25) is 17.7 Å². The number of halogens is 1. The number of carbonyl (C=O) groups is 3. The van der Waals surface area contributed by atoms with Gasteiger partial charge in [0.15, 0.2) is 0 Å². The number of nitrogens with zero attached hydrogens (tertiary/aromatic N) is 1. The zero-order valence-corrected chi connectivity index (χ0v) is 24.9. The Labute approximate surface area is 261 Å². The number of likely N-dealkylation sites (tertiary alicyclic amines) is 1. The van der Waals surface area contributed by atoms with Gasteiger partial charge in [0.25, 0.3) is 0 Å². The SMILES string of the molecule is O=C(Nc1ccc(Oc2ccccc2)cc1)[C@H]1[C@H]2C=C[C@]3(O2)[C@H](C(=O)NC2CCCCC2)N(Cc2ccc(Cl)cc2)C(=O)[C@@H]13. The summed E-state index contributed by atoms with van der Waals surface area (Å²) in [6.07, 6.45) is 8.19. The van der Waals surface area contributed by atoms with E-state index in [-0.39, 0.29) is 30.3 Å². The highest BCUT2D eigenvalue weighted by molar-refractivity contribution is 6.30. The van der Waals surface area contributed by atoms with Gasteiger partial charge in [0, 0.05) is 23.3 Å². The third kappa shape index (κ3) is 5.26. The van der Waals surface area contributed by atoms with Gasteiger partial charge < -0.3 is 25.0 Å². The van der Waals surface area contributed by atoms with Crippen molar-refractivity contribution in [3.05, 3.63) is 102 Å². The van der Waals surface area contributed by atoms with Gasteiger partial charge >= 0.3 is 0 Å². The van der Waals surface area contributed by atoms with Gasteiger partial charge in [-0.15, -0.1) is 0 Å². The number of ether oxygens (including phenoxy) is 2. The van der Waals surface area contributed by atoms with Crippen LogP contribution in [0.2, 0.25) is 5.02 Å². The van der Waals surface area contributed by atoms with Crippen molar-refractivity contribution in [1.82, 2.24) is 10.2 Å². The number of hydrogen-bond acceptors (Lipinski definition) is 5. The molecule has 8 nitrogen and oxygen atoms in total. The molecule has 7 rings (SSSR count). The predicted molar refractivity (Wildman–Crippen MR) is 166 cm³/mol. The quantitative estimate of drug-likeness (QED) is 0.311. The van der Waals surface area contributed by atoms with Crippen LogP contribution >= 0.6 is 11.6 Å². The molecule has 3 aromatic rings.